The Morgan fingerprint density at radius 3 is 2.60 bits per heavy atom. The van der Waals surface area contributed by atoms with E-state index in [0.717, 1.165) is 17.6 Å². The molecule has 0 saturated carbocycles. The van der Waals surface area contributed by atoms with E-state index in [0.29, 0.717) is 12.2 Å². The summed E-state index contributed by atoms with van der Waals surface area (Å²) >= 11 is 1.49. The van der Waals surface area contributed by atoms with Crippen molar-refractivity contribution in [2.45, 2.75) is 16.6 Å². The van der Waals surface area contributed by atoms with Gasteiger partial charge in [0, 0.05) is 16.9 Å². The van der Waals surface area contributed by atoms with Crippen LogP contribution >= 0.6 is 11.8 Å². The lowest BCUT2D eigenvalue weighted by Crippen LogP contribution is -2.08. The summed E-state index contributed by atoms with van der Waals surface area (Å²) in [4.78, 5) is 22.6. The highest BCUT2D eigenvalue weighted by molar-refractivity contribution is 8.00. The topological polar surface area (TPSA) is 43.4 Å². The van der Waals surface area contributed by atoms with Crippen molar-refractivity contribution in [3.05, 3.63) is 29.8 Å². The van der Waals surface area contributed by atoms with Crippen molar-refractivity contribution in [3.8, 4) is 0 Å². The molecule has 0 radical (unpaired) electrons. The van der Waals surface area contributed by atoms with Crippen LogP contribution in [-0.2, 0) is 9.53 Å². The molecule has 0 spiro atoms. The number of rotatable bonds is 3. The molecule has 1 aromatic carbocycles. The third-order valence-corrected chi connectivity index (χ3v) is 3.44. The average molecular weight is 222 g/mol. The van der Waals surface area contributed by atoms with Crippen LogP contribution in [0.15, 0.2) is 29.2 Å². The van der Waals surface area contributed by atoms with E-state index < -0.39 is 0 Å². The van der Waals surface area contributed by atoms with Crippen LogP contribution in [-0.4, -0.2) is 24.1 Å². The second-order valence-electron chi connectivity index (χ2n) is 3.25. The van der Waals surface area contributed by atoms with Crippen molar-refractivity contribution >= 4 is 24.0 Å². The minimum atomic E-state index is -0.139. The maximum Gasteiger partial charge on any atom is 0.319 e. The van der Waals surface area contributed by atoms with Crippen LogP contribution in [0.4, 0.5) is 0 Å². The Bertz CT molecular complexity index is 372. The summed E-state index contributed by atoms with van der Waals surface area (Å²) in [5.41, 5.74) is 0.647. The molecule has 1 atom stereocenters. The van der Waals surface area contributed by atoms with Gasteiger partial charge < -0.3 is 4.74 Å². The Hall–Kier alpha value is -1.29. The summed E-state index contributed by atoms with van der Waals surface area (Å²) in [5.74, 6) is -0.139. The number of benzene rings is 1. The van der Waals surface area contributed by atoms with Gasteiger partial charge in [-0.1, -0.05) is 12.1 Å². The Kier molecular flexibility index (Phi) is 3.06. The van der Waals surface area contributed by atoms with Crippen molar-refractivity contribution in [1.82, 2.24) is 0 Å². The number of esters is 1. The number of hydrogen-bond donors (Lipinski definition) is 0. The van der Waals surface area contributed by atoms with Gasteiger partial charge >= 0.3 is 5.97 Å². The summed E-state index contributed by atoms with van der Waals surface area (Å²) in [6, 6.07) is 7.19. The molecular weight excluding hydrogens is 212 g/mol. The van der Waals surface area contributed by atoms with Crippen LogP contribution in [0, 0.1) is 0 Å². The highest BCUT2D eigenvalue weighted by atomic mass is 32.2. The maximum atomic E-state index is 11.2. The second-order valence-corrected chi connectivity index (χ2v) is 4.53. The molecule has 0 aliphatic carbocycles. The molecule has 1 aromatic rings. The fourth-order valence-corrected chi connectivity index (χ4v) is 2.37. The van der Waals surface area contributed by atoms with Gasteiger partial charge in [-0.25, -0.2) is 0 Å². The monoisotopic (exact) mass is 222 g/mol. The Balaban J connectivity index is 2.04. The molecule has 15 heavy (non-hydrogen) atoms. The van der Waals surface area contributed by atoms with Crippen LogP contribution in [0.2, 0.25) is 0 Å². The molecule has 0 N–H and O–H groups in total. The number of hydrogen-bond acceptors (Lipinski definition) is 4. The lowest BCUT2D eigenvalue weighted by molar-refractivity contribution is -0.137. The lowest BCUT2D eigenvalue weighted by atomic mass is 10.2. The molecule has 1 heterocycles. The van der Waals surface area contributed by atoms with Gasteiger partial charge in [-0.15, -0.1) is 11.8 Å². The van der Waals surface area contributed by atoms with Crippen molar-refractivity contribution < 1.29 is 14.3 Å². The van der Waals surface area contributed by atoms with Gasteiger partial charge in [-0.3, -0.25) is 9.59 Å². The summed E-state index contributed by atoms with van der Waals surface area (Å²) in [6.07, 6.45) is 1.57. The number of cyclic esters (lactones) is 1. The van der Waals surface area contributed by atoms with Crippen LogP contribution < -0.4 is 0 Å². The fourth-order valence-electron chi connectivity index (χ4n) is 1.37. The predicted octanol–water partition coefficient (Wildman–Crippen LogP) is 1.91. The zero-order valence-electron chi connectivity index (χ0n) is 8.01. The highest BCUT2D eigenvalue weighted by Gasteiger charge is 2.27. The van der Waals surface area contributed by atoms with Gasteiger partial charge in [0.05, 0.1) is 6.61 Å². The molecule has 4 heteroatoms. The zero-order valence-corrected chi connectivity index (χ0v) is 8.83. The third-order valence-electron chi connectivity index (χ3n) is 2.18. The maximum absolute atomic E-state index is 11.2. The van der Waals surface area contributed by atoms with Crippen molar-refractivity contribution in [2.24, 2.45) is 0 Å². The molecule has 1 saturated heterocycles. The van der Waals surface area contributed by atoms with E-state index in [1.54, 1.807) is 12.1 Å². The lowest BCUT2D eigenvalue weighted by Gasteiger charge is -2.04. The minimum Gasteiger partial charge on any atom is -0.465 e. The van der Waals surface area contributed by atoms with E-state index in [1.807, 2.05) is 12.1 Å². The standard InChI is InChI=1S/C11H10O3S/c12-7-8-1-3-9(4-2-8)15-10-5-6-14-11(10)13/h1-4,7,10H,5-6H2. The zero-order chi connectivity index (χ0) is 10.7. The summed E-state index contributed by atoms with van der Waals surface area (Å²) < 4.78 is 4.87. The number of ether oxygens (including phenoxy) is 1. The predicted molar refractivity (Wildman–Crippen MR) is 57.1 cm³/mol. The van der Waals surface area contributed by atoms with Crippen LogP contribution in [0.25, 0.3) is 0 Å². The van der Waals surface area contributed by atoms with E-state index in [-0.39, 0.29) is 11.2 Å². The molecule has 0 bridgehead atoms. The first-order valence-corrected chi connectivity index (χ1v) is 5.56. The van der Waals surface area contributed by atoms with E-state index in [9.17, 15) is 9.59 Å². The third kappa shape index (κ3) is 2.39. The van der Waals surface area contributed by atoms with Crippen molar-refractivity contribution in [3.63, 3.8) is 0 Å². The Morgan fingerprint density at radius 2 is 2.07 bits per heavy atom. The second kappa shape index (κ2) is 4.49. The number of carbonyl (C=O) groups excluding carboxylic acids is 2. The summed E-state index contributed by atoms with van der Waals surface area (Å²) in [7, 11) is 0. The molecule has 78 valence electrons. The highest BCUT2D eigenvalue weighted by Crippen LogP contribution is 2.29. The quantitative estimate of drug-likeness (QED) is 0.578. The normalized spacial score (nSPS) is 20.0. The Labute approximate surface area is 91.8 Å². The van der Waals surface area contributed by atoms with Gasteiger partial charge in [0.15, 0.2) is 0 Å². The van der Waals surface area contributed by atoms with Gasteiger partial charge in [0.2, 0.25) is 0 Å². The minimum absolute atomic E-state index is 0.0907. The largest absolute Gasteiger partial charge is 0.465 e. The first kappa shape index (κ1) is 10.2. The molecule has 1 fully saturated rings. The van der Waals surface area contributed by atoms with Gasteiger partial charge in [0.1, 0.15) is 11.5 Å². The first-order chi connectivity index (χ1) is 7.29. The van der Waals surface area contributed by atoms with Gasteiger partial charge in [-0.05, 0) is 12.1 Å². The van der Waals surface area contributed by atoms with Crippen LogP contribution in [0.1, 0.15) is 16.8 Å². The number of aldehydes is 1. The van der Waals surface area contributed by atoms with E-state index in [1.165, 1.54) is 11.8 Å². The number of thioether (sulfide) groups is 1. The molecule has 2 rings (SSSR count). The van der Waals surface area contributed by atoms with Gasteiger partial charge in [-0.2, -0.15) is 0 Å². The van der Waals surface area contributed by atoms with Crippen LogP contribution in [0.3, 0.4) is 0 Å². The molecule has 0 aromatic heterocycles. The molecule has 1 aliphatic heterocycles. The first-order valence-electron chi connectivity index (χ1n) is 4.68. The van der Waals surface area contributed by atoms with E-state index in [4.69, 9.17) is 4.74 Å². The molecular formula is C11H10O3S. The van der Waals surface area contributed by atoms with Gasteiger partial charge in [0.25, 0.3) is 0 Å². The molecule has 3 nitrogen and oxygen atoms in total. The molecule has 1 unspecified atom stereocenters. The smallest absolute Gasteiger partial charge is 0.319 e. The van der Waals surface area contributed by atoms with Crippen LogP contribution in [0.5, 0.6) is 0 Å². The number of carbonyl (C=O) groups is 2. The summed E-state index contributed by atoms with van der Waals surface area (Å²) in [5, 5.41) is -0.0907. The molecule has 0 amide bonds. The SMILES string of the molecule is O=Cc1ccc(SC2CCOC2=O)cc1. The Morgan fingerprint density at radius 1 is 1.33 bits per heavy atom. The average Bonchev–Trinajstić information content (AvgIpc) is 2.66. The van der Waals surface area contributed by atoms with Crippen molar-refractivity contribution in [2.75, 3.05) is 6.61 Å². The summed E-state index contributed by atoms with van der Waals surface area (Å²) in [6.45, 7) is 0.517. The fraction of sp³-hybridized carbons (Fsp3) is 0.273. The van der Waals surface area contributed by atoms with E-state index >= 15 is 0 Å². The van der Waals surface area contributed by atoms with Crippen molar-refractivity contribution in [1.29, 1.82) is 0 Å². The molecule has 1 aliphatic rings. The van der Waals surface area contributed by atoms with E-state index in [2.05, 4.69) is 0 Å².